The molecule has 0 unspecified atom stereocenters. The number of esters is 1. The fourth-order valence-electron chi connectivity index (χ4n) is 1.68. The standard InChI is InChI=1S/C15H21NO3/c1-11(2)13-6-4-12(5-7-13)8-9-16-14(17)10-15(18)19-3/h4-7,11H,8-10H2,1-3H3,(H,16,17). The Kier molecular flexibility index (Phi) is 6.06. The molecule has 1 amide bonds. The van der Waals surface area contributed by atoms with Gasteiger partial charge in [0.25, 0.3) is 0 Å². The van der Waals surface area contributed by atoms with Crippen molar-refractivity contribution in [1.82, 2.24) is 5.32 Å². The number of nitrogens with one attached hydrogen (secondary N) is 1. The fourth-order valence-corrected chi connectivity index (χ4v) is 1.68. The average molecular weight is 263 g/mol. The molecule has 1 rings (SSSR count). The Labute approximate surface area is 114 Å². The summed E-state index contributed by atoms with van der Waals surface area (Å²) in [6, 6.07) is 8.36. The van der Waals surface area contributed by atoms with Gasteiger partial charge < -0.3 is 10.1 Å². The molecule has 0 saturated heterocycles. The largest absolute Gasteiger partial charge is 0.469 e. The van der Waals surface area contributed by atoms with E-state index < -0.39 is 5.97 Å². The molecule has 0 aromatic heterocycles. The Morgan fingerprint density at radius 2 is 1.84 bits per heavy atom. The van der Waals surface area contributed by atoms with Crippen LogP contribution in [0.25, 0.3) is 0 Å². The highest BCUT2D eigenvalue weighted by atomic mass is 16.5. The second kappa shape index (κ2) is 7.56. The van der Waals surface area contributed by atoms with E-state index in [0.29, 0.717) is 12.5 Å². The van der Waals surface area contributed by atoms with Crippen LogP contribution in [0.1, 0.15) is 37.3 Å². The molecule has 0 aliphatic heterocycles. The Morgan fingerprint density at radius 3 is 2.37 bits per heavy atom. The lowest BCUT2D eigenvalue weighted by Crippen LogP contribution is -2.28. The number of hydrogen-bond acceptors (Lipinski definition) is 3. The summed E-state index contributed by atoms with van der Waals surface area (Å²) < 4.78 is 4.42. The molecule has 0 heterocycles. The first-order valence-electron chi connectivity index (χ1n) is 6.45. The molecule has 0 bridgehead atoms. The summed E-state index contributed by atoms with van der Waals surface area (Å²) in [7, 11) is 1.27. The van der Waals surface area contributed by atoms with Crippen LogP contribution in [0.15, 0.2) is 24.3 Å². The van der Waals surface area contributed by atoms with Gasteiger partial charge in [-0.1, -0.05) is 38.1 Å². The predicted octanol–water partition coefficient (Wildman–Crippen LogP) is 2.03. The molecule has 0 atom stereocenters. The minimum atomic E-state index is -0.515. The van der Waals surface area contributed by atoms with Crippen LogP contribution in [0.5, 0.6) is 0 Å². The number of carbonyl (C=O) groups excluding carboxylic acids is 2. The molecule has 1 N–H and O–H groups in total. The van der Waals surface area contributed by atoms with E-state index in [4.69, 9.17) is 0 Å². The van der Waals surface area contributed by atoms with Gasteiger partial charge in [0.15, 0.2) is 0 Å². The molecule has 0 fully saturated rings. The van der Waals surface area contributed by atoms with E-state index in [-0.39, 0.29) is 12.3 Å². The van der Waals surface area contributed by atoms with E-state index in [1.807, 2.05) is 0 Å². The third-order valence-corrected chi connectivity index (χ3v) is 2.91. The minimum Gasteiger partial charge on any atom is -0.469 e. The maximum absolute atomic E-state index is 11.3. The van der Waals surface area contributed by atoms with Crippen LogP contribution in [-0.2, 0) is 20.7 Å². The summed E-state index contributed by atoms with van der Waals surface area (Å²) >= 11 is 0. The molecule has 0 saturated carbocycles. The van der Waals surface area contributed by atoms with Crippen molar-refractivity contribution in [3.05, 3.63) is 35.4 Å². The van der Waals surface area contributed by atoms with E-state index in [1.165, 1.54) is 18.2 Å². The van der Waals surface area contributed by atoms with Crippen molar-refractivity contribution in [3.63, 3.8) is 0 Å². The number of carbonyl (C=O) groups is 2. The first-order valence-corrected chi connectivity index (χ1v) is 6.45. The van der Waals surface area contributed by atoms with Crippen LogP contribution in [0.3, 0.4) is 0 Å². The third kappa shape index (κ3) is 5.55. The van der Waals surface area contributed by atoms with Gasteiger partial charge in [0.2, 0.25) is 5.91 Å². The van der Waals surface area contributed by atoms with Crippen molar-refractivity contribution in [1.29, 1.82) is 0 Å². The van der Waals surface area contributed by atoms with Crippen LogP contribution in [0, 0.1) is 0 Å². The predicted molar refractivity (Wildman–Crippen MR) is 73.9 cm³/mol. The van der Waals surface area contributed by atoms with E-state index in [0.717, 1.165) is 6.42 Å². The summed E-state index contributed by atoms with van der Waals surface area (Å²) in [5.41, 5.74) is 2.47. The monoisotopic (exact) mass is 263 g/mol. The molecule has 0 aliphatic carbocycles. The van der Waals surface area contributed by atoms with Gasteiger partial charge in [-0.2, -0.15) is 0 Å². The van der Waals surface area contributed by atoms with Gasteiger partial charge in [-0.3, -0.25) is 9.59 Å². The third-order valence-electron chi connectivity index (χ3n) is 2.91. The Balaban J connectivity index is 2.33. The lowest BCUT2D eigenvalue weighted by molar-refractivity contribution is -0.143. The Hall–Kier alpha value is -1.84. The second-order valence-electron chi connectivity index (χ2n) is 4.75. The lowest BCUT2D eigenvalue weighted by Gasteiger charge is -2.07. The summed E-state index contributed by atoms with van der Waals surface area (Å²) in [6.45, 7) is 4.83. The highest BCUT2D eigenvalue weighted by Crippen LogP contribution is 2.14. The SMILES string of the molecule is COC(=O)CC(=O)NCCc1ccc(C(C)C)cc1. The first-order chi connectivity index (χ1) is 9.02. The quantitative estimate of drug-likeness (QED) is 0.631. The maximum Gasteiger partial charge on any atom is 0.315 e. The number of benzene rings is 1. The van der Waals surface area contributed by atoms with Gasteiger partial charge in [-0.05, 0) is 23.5 Å². The molecule has 0 aliphatic rings. The molecular weight excluding hydrogens is 242 g/mol. The average Bonchev–Trinajstić information content (AvgIpc) is 2.39. The number of methoxy groups -OCH3 is 1. The van der Waals surface area contributed by atoms with Crippen LogP contribution in [0.4, 0.5) is 0 Å². The van der Waals surface area contributed by atoms with Crippen molar-refractivity contribution in [2.45, 2.75) is 32.6 Å². The number of hydrogen-bond donors (Lipinski definition) is 1. The van der Waals surface area contributed by atoms with Crippen LogP contribution in [0.2, 0.25) is 0 Å². The minimum absolute atomic E-state index is 0.219. The number of rotatable bonds is 6. The second-order valence-corrected chi connectivity index (χ2v) is 4.75. The zero-order valence-electron chi connectivity index (χ0n) is 11.7. The zero-order valence-corrected chi connectivity index (χ0v) is 11.7. The summed E-state index contributed by atoms with van der Waals surface area (Å²) in [6.07, 6.45) is 0.536. The molecule has 104 valence electrons. The van der Waals surface area contributed by atoms with Crippen molar-refractivity contribution in [2.75, 3.05) is 13.7 Å². The molecule has 19 heavy (non-hydrogen) atoms. The van der Waals surface area contributed by atoms with Crippen LogP contribution >= 0.6 is 0 Å². The van der Waals surface area contributed by atoms with Gasteiger partial charge in [0.05, 0.1) is 7.11 Å². The van der Waals surface area contributed by atoms with Crippen molar-refractivity contribution >= 4 is 11.9 Å². The normalized spacial score (nSPS) is 10.3. The van der Waals surface area contributed by atoms with Gasteiger partial charge >= 0.3 is 5.97 Å². The first kappa shape index (κ1) is 15.2. The lowest BCUT2D eigenvalue weighted by atomic mass is 10.0. The fraction of sp³-hybridized carbons (Fsp3) is 0.467. The van der Waals surface area contributed by atoms with E-state index in [2.05, 4.69) is 48.2 Å². The van der Waals surface area contributed by atoms with E-state index in [1.54, 1.807) is 0 Å². The summed E-state index contributed by atoms with van der Waals surface area (Å²) in [5.74, 6) is -0.293. The van der Waals surface area contributed by atoms with Crippen molar-refractivity contribution < 1.29 is 14.3 Å². The zero-order chi connectivity index (χ0) is 14.3. The van der Waals surface area contributed by atoms with Gasteiger partial charge in [0.1, 0.15) is 6.42 Å². The number of amides is 1. The van der Waals surface area contributed by atoms with Crippen molar-refractivity contribution in [3.8, 4) is 0 Å². The highest BCUT2D eigenvalue weighted by molar-refractivity contribution is 5.94. The van der Waals surface area contributed by atoms with E-state index >= 15 is 0 Å². The Morgan fingerprint density at radius 1 is 1.21 bits per heavy atom. The van der Waals surface area contributed by atoms with Gasteiger partial charge in [-0.25, -0.2) is 0 Å². The molecule has 0 radical (unpaired) electrons. The topological polar surface area (TPSA) is 55.4 Å². The smallest absolute Gasteiger partial charge is 0.315 e. The molecule has 4 heteroatoms. The summed E-state index contributed by atoms with van der Waals surface area (Å²) in [5, 5.41) is 2.69. The van der Waals surface area contributed by atoms with Crippen molar-refractivity contribution in [2.24, 2.45) is 0 Å². The molecule has 4 nitrogen and oxygen atoms in total. The van der Waals surface area contributed by atoms with Gasteiger partial charge in [-0.15, -0.1) is 0 Å². The molecular formula is C15H21NO3. The van der Waals surface area contributed by atoms with Gasteiger partial charge in [0, 0.05) is 6.54 Å². The highest BCUT2D eigenvalue weighted by Gasteiger charge is 2.08. The van der Waals surface area contributed by atoms with E-state index in [9.17, 15) is 9.59 Å². The van der Waals surface area contributed by atoms with Crippen LogP contribution in [-0.4, -0.2) is 25.5 Å². The maximum atomic E-state index is 11.3. The van der Waals surface area contributed by atoms with Crippen LogP contribution < -0.4 is 5.32 Å². The molecule has 1 aromatic carbocycles. The molecule has 1 aromatic rings. The summed E-state index contributed by atoms with van der Waals surface area (Å²) in [4.78, 5) is 22.2. The molecule has 0 spiro atoms. The Bertz CT molecular complexity index is 424. The number of ether oxygens (including phenoxy) is 1.